The van der Waals surface area contributed by atoms with Gasteiger partial charge in [-0.05, 0) is 43.2 Å². The molecule has 0 radical (unpaired) electrons. The predicted molar refractivity (Wildman–Crippen MR) is 81.2 cm³/mol. The van der Waals surface area contributed by atoms with E-state index in [1.54, 1.807) is 28.6 Å². The van der Waals surface area contributed by atoms with Crippen LogP contribution in [0.25, 0.3) is 0 Å². The number of aliphatic hydroxyl groups is 1. The number of nitrogens with zero attached hydrogens (tertiary/aromatic N) is 1. The molecular formula is C16H23NO3S. The fraction of sp³-hybridized carbons (Fsp3) is 0.625. The van der Waals surface area contributed by atoms with Gasteiger partial charge in [0.15, 0.2) is 0 Å². The van der Waals surface area contributed by atoms with Crippen LogP contribution in [0.15, 0.2) is 29.2 Å². The maximum absolute atomic E-state index is 13.0. The van der Waals surface area contributed by atoms with Gasteiger partial charge in [-0.25, -0.2) is 8.42 Å². The zero-order valence-corrected chi connectivity index (χ0v) is 13.1. The molecule has 0 bridgehead atoms. The molecule has 1 saturated heterocycles. The average Bonchev–Trinajstić information content (AvgIpc) is 2.54. The molecule has 116 valence electrons. The van der Waals surface area contributed by atoms with E-state index >= 15 is 0 Å². The fourth-order valence-corrected chi connectivity index (χ4v) is 5.86. The molecule has 0 amide bonds. The second-order valence-electron chi connectivity index (χ2n) is 6.14. The fourth-order valence-electron chi connectivity index (χ4n) is 3.89. The Labute approximate surface area is 126 Å². The normalized spacial score (nSPS) is 27.3. The van der Waals surface area contributed by atoms with Crippen molar-refractivity contribution in [2.24, 2.45) is 5.92 Å². The lowest BCUT2D eigenvalue weighted by Gasteiger charge is -2.43. The van der Waals surface area contributed by atoms with Gasteiger partial charge in [-0.3, -0.25) is 0 Å². The lowest BCUT2D eigenvalue weighted by atomic mass is 9.79. The lowest BCUT2D eigenvalue weighted by Crippen LogP contribution is -2.49. The van der Waals surface area contributed by atoms with Gasteiger partial charge in [0.2, 0.25) is 10.0 Å². The van der Waals surface area contributed by atoms with E-state index in [4.69, 9.17) is 0 Å². The molecule has 2 fully saturated rings. The van der Waals surface area contributed by atoms with E-state index in [0.29, 0.717) is 18.0 Å². The number of rotatable bonds is 3. The van der Waals surface area contributed by atoms with Crippen molar-refractivity contribution in [3.63, 3.8) is 0 Å². The van der Waals surface area contributed by atoms with Crippen LogP contribution in [-0.2, 0) is 16.6 Å². The molecule has 2 atom stereocenters. The molecule has 3 rings (SSSR count). The van der Waals surface area contributed by atoms with E-state index in [9.17, 15) is 13.5 Å². The molecule has 1 N–H and O–H groups in total. The third kappa shape index (κ3) is 2.74. The van der Waals surface area contributed by atoms with Crippen LogP contribution in [0.1, 0.15) is 44.1 Å². The molecule has 5 heteroatoms. The Kier molecular flexibility index (Phi) is 4.33. The number of sulfonamides is 1. The second kappa shape index (κ2) is 6.07. The molecule has 2 unspecified atom stereocenters. The van der Waals surface area contributed by atoms with Gasteiger partial charge in [0.25, 0.3) is 0 Å². The van der Waals surface area contributed by atoms with Crippen molar-refractivity contribution in [3.05, 3.63) is 29.8 Å². The van der Waals surface area contributed by atoms with Gasteiger partial charge in [-0.2, -0.15) is 4.31 Å². The van der Waals surface area contributed by atoms with Gasteiger partial charge < -0.3 is 5.11 Å². The van der Waals surface area contributed by atoms with Gasteiger partial charge in [-0.1, -0.05) is 31.0 Å². The van der Waals surface area contributed by atoms with Crippen molar-refractivity contribution in [2.75, 3.05) is 6.54 Å². The largest absolute Gasteiger partial charge is 0.392 e. The first-order chi connectivity index (χ1) is 10.1. The Hall–Kier alpha value is -0.910. The Morgan fingerprint density at radius 2 is 1.81 bits per heavy atom. The van der Waals surface area contributed by atoms with Crippen LogP contribution in [-0.4, -0.2) is 30.4 Å². The Morgan fingerprint density at radius 1 is 1.10 bits per heavy atom. The average molecular weight is 309 g/mol. The maximum atomic E-state index is 13.0. The molecule has 2 aliphatic rings. The molecule has 1 aromatic carbocycles. The quantitative estimate of drug-likeness (QED) is 0.933. The highest BCUT2D eigenvalue weighted by atomic mass is 32.2. The molecule has 1 aromatic rings. The summed E-state index contributed by atoms with van der Waals surface area (Å²) in [5.41, 5.74) is 0.496. The van der Waals surface area contributed by atoms with Crippen LogP contribution in [0.5, 0.6) is 0 Å². The highest BCUT2D eigenvalue weighted by Crippen LogP contribution is 2.38. The number of fused-ring (bicyclic) bond motifs is 1. The van der Waals surface area contributed by atoms with Gasteiger partial charge >= 0.3 is 0 Å². The minimum atomic E-state index is -3.50. The zero-order valence-electron chi connectivity index (χ0n) is 12.2. The predicted octanol–water partition coefficient (Wildman–Crippen LogP) is 2.52. The van der Waals surface area contributed by atoms with Gasteiger partial charge in [-0.15, -0.1) is 0 Å². The number of hydrogen-bond acceptors (Lipinski definition) is 3. The van der Waals surface area contributed by atoms with Gasteiger partial charge in [0, 0.05) is 12.6 Å². The molecule has 0 aromatic heterocycles. The van der Waals surface area contributed by atoms with Crippen LogP contribution >= 0.6 is 0 Å². The van der Waals surface area contributed by atoms with E-state index < -0.39 is 10.0 Å². The first kappa shape index (κ1) is 15.0. The smallest absolute Gasteiger partial charge is 0.243 e. The molecule has 1 aliphatic carbocycles. The van der Waals surface area contributed by atoms with Crippen LogP contribution in [0.4, 0.5) is 0 Å². The first-order valence-electron chi connectivity index (χ1n) is 7.85. The number of benzene rings is 1. The molecule has 21 heavy (non-hydrogen) atoms. The topological polar surface area (TPSA) is 57.6 Å². The minimum Gasteiger partial charge on any atom is -0.392 e. The summed E-state index contributed by atoms with van der Waals surface area (Å²) >= 11 is 0. The van der Waals surface area contributed by atoms with E-state index in [0.717, 1.165) is 32.1 Å². The number of aliphatic hydroxyl groups excluding tert-OH is 1. The Bertz CT molecular complexity index is 597. The van der Waals surface area contributed by atoms with E-state index in [1.165, 1.54) is 6.42 Å². The second-order valence-corrected chi connectivity index (χ2v) is 7.99. The number of hydrogen-bond donors (Lipinski definition) is 1. The van der Waals surface area contributed by atoms with E-state index in [2.05, 4.69) is 0 Å². The van der Waals surface area contributed by atoms with Crippen molar-refractivity contribution in [3.8, 4) is 0 Å². The van der Waals surface area contributed by atoms with Crippen molar-refractivity contribution >= 4 is 10.0 Å². The lowest BCUT2D eigenvalue weighted by molar-refractivity contribution is 0.129. The number of piperidine rings is 1. The molecule has 1 heterocycles. The highest BCUT2D eigenvalue weighted by molar-refractivity contribution is 7.89. The molecule has 4 nitrogen and oxygen atoms in total. The standard InChI is InChI=1S/C16H23NO3S/c18-12-14-7-2-4-10-16(14)21(19,20)17-11-5-8-13-6-1-3-9-15(13)17/h2,4,7,10,13,15,18H,1,3,5-6,8-9,11-12H2. The van der Waals surface area contributed by atoms with Crippen molar-refractivity contribution in [1.29, 1.82) is 0 Å². The van der Waals surface area contributed by atoms with Crippen LogP contribution in [0, 0.1) is 5.92 Å². The SMILES string of the molecule is O=S(=O)(c1ccccc1CO)N1CCCC2CCCCC21. The van der Waals surface area contributed by atoms with E-state index in [1.807, 2.05) is 0 Å². The third-order valence-electron chi connectivity index (χ3n) is 4.92. The summed E-state index contributed by atoms with van der Waals surface area (Å²) in [6.07, 6.45) is 6.57. The minimum absolute atomic E-state index is 0.157. The monoisotopic (exact) mass is 309 g/mol. The zero-order chi connectivity index (χ0) is 14.9. The Balaban J connectivity index is 1.96. The highest BCUT2D eigenvalue weighted by Gasteiger charge is 2.40. The molecule has 1 saturated carbocycles. The van der Waals surface area contributed by atoms with Crippen molar-refractivity contribution in [1.82, 2.24) is 4.31 Å². The first-order valence-corrected chi connectivity index (χ1v) is 9.29. The molecule has 0 spiro atoms. The van der Waals surface area contributed by atoms with Gasteiger partial charge in [0.1, 0.15) is 0 Å². The third-order valence-corrected chi connectivity index (χ3v) is 6.95. The molecular weight excluding hydrogens is 286 g/mol. The summed E-state index contributed by atoms with van der Waals surface area (Å²) in [6.45, 7) is 0.376. The summed E-state index contributed by atoms with van der Waals surface area (Å²) in [5, 5.41) is 9.43. The van der Waals surface area contributed by atoms with Crippen LogP contribution in [0.3, 0.4) is 0 Å². The van der Waals surface area contributed by atoms with Crippen LogP contribution in [0.2, 0.25) is 0 Å². The summed E-state index contributed by atoms with van der Waals surface area (Å²) in [5.74, 6) is 0.517. The van der Waals surface area contributed by atoms with Crippen molar-refractivity contribution < 1.29 is 13.5 Å². The summed E-state index contributed by atoms with van der Waals surface area (Å²) in [4.78, 5) is 0.277. The summed E-state index contributed by atoms with van der Waals surface area (Å²) < 4.78 is 27.8. The van der Waals surface area contributed by atoms with Crippen LogP contribution < -0.4 is 0 Å². The Morgan fingerprint density at radius 3 is 2.62 bits per heavy atom. The van der Waals surface area contributed by atoms with Gasteiger partial charge in [0.05, 0.1) is 11.5 Å². The summed E-state index contributed by atoms with van der Waals surface area (Å²) in [7, 11) is -3.50. The van der Waals surface area contributed by atoms with E-state index in [-0.39, 0.29) is 17.5 Å². The maximum Gasteiger partial charge on any atom is 0.243 e. The summed E-state index contributed by atoms with van der Waals surface area (Å²) in [6, 6.07) is 6.96. The molecule has 1 aliphatic heterocycles. The van der Waals surface area contributed by atoms with Crippen molar-refractivity contribution in [2.45, 2.75) is 56.1 Å².